The first-order valence-electron chi connectivity index (χ1n) is 11.4. The monoisotopic (exact) mass is 548 g/mol. The number of aromatic nitrogens is 3. The average Bonchev–Trinajstić information content (AvgIpc) is 2.81. The quantitative estimate of drug-likeness (QED) is 0.525. The Kier molecular flexibility index (Phi) is 6.62. The van der Waals surface area contributed by atoms with E-state index >= 15 is 0 Å². The number of amides is 1. The summed E-state index contributed by atoms with van der Waals surface area (Å²) in [5.74, 6) is -1.85. The number of hydrogen-bond acceptors (Lipinski definition) is 10. The predicted molar refractivity (Wildman–Crippen MR) is 135 cm³/mol. The molecule has 3 heterocycles. The Morgan fingerprint density at radius 3 is 2.41 bits per heavy atom. The van der Waals surface area contributed by atoms with E-state index in [9.17, 15) is 27.9 Å². The molecule has 11 nitrogen and oxygen atoms in total. The van der Waals surface area contributed by atoms with Crippen LogP contribution < -0.4 is 5.56 Å². The number of ketones is 1. The first-order chi connectivity index (χ1) is 17.2. The van der Waals surface area contributed by atoms with Gasteiger partial charge in [0.2, 0.25) is 0 Å². The summed E-state index contributed by atoms with van der Waals surface area (Å²) in [6.45, 7) is 6.58. The first-order valence-corrected chi connectivity index (χ1v) is 13.8. The van der Waals surface area contributed by atoms with Crippen molar-refractivity contribution in [2.75, 3.05) is 7.11 Å². The minimum Gasteiger partial charge on any atom is -0.488 e. The third-order valence-corrected chi connectivity index (χ3v) is 11.3. The van der Waals surface area contributed by atoms with Gasteiger partial charge in [-0.3, -0.25) is 19.3 Å². The summed E-state index contributed by atoms with van der Waals surface area (Å²) in [6.07, 6.45) is -1.40. The van der Waals surface area contributed by atoms with E-state index in [0.29, 0.717) is 5.56 Å². The molecule has 2 aromatic rings. The van der Waals surface area contributed by atoms with Crippen LogP contribution in [0.1, 0.15) is 33.3 Å². The van der Waals surface area contributed by atoms with E-state index in [1.165, 1.54) is 21.1 Å². The standard InChI is InChI=1S/C24H28N4O7S2/c1-13-15(17(29)23(2,3)4)28-20(32)16(35-6)21(28)37(33,34)24(13,12-14-10-8-7-9-11-14)36-22-25-18(30)19(31)26-27(22)5/h7-11,16,21H,12H2,1-6H3,(H,26,31)/t16-,21+,24?/m0/s1. The van der Waals surface area contributed by atoms with Crippen molar-refractivity contribution < 1.29 is 27.9 Å². The number of aryl methyl sites for hydroxylation is 1. The average molecular weight is 549 g/mol. The largest absolute Gasteiger partial charge is 0.488 e. The molecule has 13 heteroatoms. The highest BCUT2D eigenvalue weighted by Crippen LogP contribution is 2.55. The highest BCUT2D eigenvalue weighted by atomic mass is 32.3. The Balaban J connectivity index is 2.08. The SMILES string of the molecule is CO[C@H]1C(=O)N2C(C(=O)C(C)(C)C)=C(C)C(Cc3ccccc3)(Sc3nc(=O)c(O)nn3C)S(=O)(=O)[C@H]12. The topological polar surface area (TPSA) is 149 Å². The van der Waals surface area contributed by atoms with Gasteiger partial charge in [-0.2, -0.15) is 4.98 Å². The number of hydrogen-bond donors (Lipinski definition) is 1. The van der Waals surface area contributed by atoms with Gasteiger partial charge in [0, 0.05) is 26.0 Å². The van der Waals surface area contributed by atoms with Crippen LogP contribution in [0.3, 0.4) is 0 Å². The van der Waals surface area contributed by atoms with Crippen LogP contribution in [-0.4, -0.2) is 67.5 Å². The van der Waals surface area contributed by atoms with Crippen molar-refractivity contribution in [2.24, 2.45) is 12.5 Å². The Labute approximate surface area is 218 Å². The van der Waals surface area contributed by atoms with Crippen molar-refractivity contribution in [1.82, 2.24) is 19.7 Å². The molecule has 4 rings (SSSR count). The molecule has 2 aliphatic rings. The van der Waals surface area contributed by atoms with Crippen LogP contribution in [0.4, 0.5) is 0 Å². The van der Waals surface area contributed by atoms with Crippen molar-refractivity contribution in [3.63, 3.8) is 0 Å². The molecule has 0 spiro atoms. The molecule has 0 saturated carbocycles. The number of sulfone groups is 1. The second-order valence-electron chi connectivity index (χ2n) is 10.0. The molecule has 1 fully saturated rings. The molecule has 0 bridgehead atoms. The van der Waals surface area contributed by atoms with E-state index in [1.54, 1.807) is 51.1 Å². The fourth-order valence-electron chi connectivity index (χ4n) is 4.54. The van der Waals surface area contributed by atoms with Crippen LogP contribution in [-0.2, 0) is 37.6 Å². The fourth-order valence-corrected chi connectivity index (χ4v) is 8.93. The number of carbonyl (C=O) groups excluding carboxylic acids is 2. The Morgan fingerprint density at radius 2 is 1.84 bits per heavy atom. The van der Waals surface area contributed by atoms with Crippen molar-refractivity contribution in [2.45, 2.75) is 54.8 Å². The molecular weight excluding hydrogens is 520 g/mol. The van der Waals surface area contributed by atoms with Gasteiger partial charge in [0.05, 0.1) is 5.70 Å². The zero-order valence-corrected chi connectivity index (χ0v) is 22.9. The summed E-state index contributed by atoms with van der Waals surface area (Å²) in [5.41, 5.74) is -1.18. The summed E-state index contributed by atoms with van der Waals surface area (Å²) in [4.78, 5) is 43.8. The molecule has 1 saturated heterocycles. The number of methoxy groups -OCH3 is 1. The van der Waals surface area contributed by atoms with Gasteiger partial charge < -0.3 is 9.84 Å². The van der Waals surface area contributed by atoms with E-state index in [0.717, 1.165) is 21.3 Å². The maximum Gasteiger partial charge on any atom is 0.336 e. The zero-order valence-electron chi connectivity index (χ0n) is 21.3. The maximum absolute atomic E-state index is 14.5. The number of carbonyl (C=O) groups is 2. The number of ether oxygens (including phenoxy) is 1. The summed E-state index contributed by atoms with van der Waals surface area (Å²) < 4.78 is 33.5. The lowest BCUT2D eigenvalue weighted by Gasteiger charge is -2.54. The molecule has 0 aliphatic carbocycles. The number of fused-ring (bicyclic) bond motifs is 1. The fraction of sp³-hybridized carbons (Fsp3) is 0.458. The number of allylic oxidation sites excluding steroid dienone is 1. The molecular formula is C24H28N4O7S2. The number of benzene rings is 1. The minimum absolute atomic E-state index is 0.00852. The van der Waals surface area contributed by atoms with Crippen LogP contribution in [0.5, 0.6) is 5.88 Å². The van der Waals surface area contributed by atoms with E-state index < -0.39 is 53.9 Å². The summed E-state index contributed by atoms with van der Waals surface area (Å²) in [6, 6.07) is 8.82. The molecule has 3 atom stereocenters. The van der Waals surface area contributed by atoms with Gasteiger partial charge in [-0.05, 0) is 18.1 Å². The number of Topliss-reactive ketones (excluding diaryl/α,β-unsaturated/α-hetero) is 1. The Morgan fingerprint density at radius 1 is 1.22 bits per heavy atom. The highest BCUT2D eigenvalue weighted by Gasteiger charge is 2.68. The third kappa shape index (κ3) is 4.09. The number of β-lactam (4-membered cyclic amide) rings is 1. The molecule has 1 unspecified atom stereocenters. The lowest BCUT2D eigenvalue weighted by Crippen LogP contribution is -2.74. The smallest absolute Gasteiger partial charge is 0.336 e. The minimum atomic E-state index is -4.33. The third-order valence-electron chi connectivity index (χ3n) is 6.54. The van der Waals surface area contributed by atoms with E-state index in [2.05, 4.69) is 10.1 Å². The second-order valence-corrected chi connectivity index (χ2v) is 13.8. The Bertz CT molecular complexity index is 1480. The number of thioether (sulfide) groups is 1. The van der Waals surface area contributed by atoms with Gasteiger partial charge in [0.1, 0.15) is 0 Å². The summed E-state index contributed by atoms with van der Waals surface area (Å²) >= 11 is 0.743. The van der Waals surface area contributed by atoms with Crippen molar-refractivity contribution >= 4 is 33.3 Å². The predicted octanol–water partition coefficient (Wildman–Crippen LogP) is 1.41. The van der Waals surface area contributed by atoms with Crippen molar-refractivity contribution in [3.05, 3.63) is 57.5 Å². The van der Waals surface area contributed by atoms with Gasteiger partial charge in [0.25, 0.3) is 11.8 Å². The highest BCUT2D eigenvalue weighted by molar-refractivity contribution is 8.15. The van der Waals surface area contributed by atoms with Crippen LogP contribution >= 0.6 is 11.8 Å². The number of rotatable bonds is 6. The van der Waals surface area contributed by atoms with Crippen LogP contribution in [0, 0.1) is 5.41 Å². The summed E-state index contributed by atoms with van der Waals surface area (Å²) in [5, 5.41) is 11.9. The molecule has 1 N–H and O–H groups in total. The van der Waals surface area contributed by atoms with Gasteiger partial charge in [-0.15, -0.1) is 5.10 Å². The molecule has 2 aliphatic heterocycles. The van der Waals surface area contributed by atoms with Crippen molar-refractivity contribution in [1.29, 1.82) is 0 Å². The molecule has 1 aromatic carbocycles. The second kappa shape index (κ2) is 9.07. The van der Waals surface area contributed by atoms with Gasteiger partial charge >= 0.3 is 5.56 Å². The molecule has 1 amide bonds. The number of aromatic hydroxyl groups is 1. The van der Waals surface area contributed by atoms with Gasteiger partial charge in [0.15, 0.2) is 36.3 Å². The molecule has 198 valence electrons. The number of nitrogens with zero attached hydrogens (tertiary/aromatic N) is 4. The summed E-state index contributed by atoms with van der Waals surface area (Å²) in [7, 11) is -1.67. The van der Waals surface area contributed by atoms with Gasteiger partial charge in [-0.1, -0.05) is 62.9 Å². The van der Waals surface area contributed by atoms with E-state index in [1.807, 2.05) is 0 Å². The molecule has 1 aromatic heterocycles. The zero-order chi connectivity index (χ0) is 27.5. The molecule has 0 radical (unpaired) electrons. The van der Waals surface area contributed by atoms with Crippen LogP contribution in [0.2, 0.25) is 0 Å². The first kappa shape index (κ1) is 27.0. The molecule has 37 heavy (non-hydrogen) atoms. The normalized spacial score (nSPS) is 25.0. The van der Waals surface area contributed by atoms with E-state index in [-0.39, 0.29) is 22.8 Å². The Hall–Kier alpha value is -3.03. The van der Waals surface area contributed by atoms with Crippen LogP contribution in [0.15, 0.2) is 51.6 Å². The van der Waals surface area contributed by atoms with Gasteiger partial charge in [-0.25, -0.2) is 13.1 Å². The lowest BCUT2D eigenvalue weighted by atomic mass is 9.84. The van der Waals surface area contributed by atoms with Crippen molar-refractivity contribution in [3.8, 4) is 5.88 Å². The van der Waals surface area contributed by atoms with Crippen LogP contribution in [0.25, 0.3) is 0 Å². The van der Waals surface area contributed by atoms with E-state index in [4.69, 9.17) is 4.74 Å². The maximum atomic E-state index is 14.5. The lowest BCUT2D eigenvalue weighted by molar-refractivity contribution is -0.161.